The molecule has 28 heavy (non-hydrogen) atoms. The van der Waals surface area contributed by atoms with Crippen LogP contribution in [0.25, 0.3) is 10.8 Å². The lowest BCUT2D eigenvalue weighted by molar-refractivity contribution is -0.119. The number of pyridine rings is 1. The molecule has 0 aliphatic carbocycles. The van der Waals surface area contributed by atoms with Gasteiger partial charge in [0.05, 0.1) is 12.1 Å². The van der Waals surface area contributed by atoms with Gasteiger partial charge in [-0.05, 0) is 22.6 Å². The predicted octanol–water partition coefficient (Wildman–Crippen LogP) is 1.25. The molecule has 2 aromatic carbocycles. The molecule has 0 fully saturated rings. The van der Waals surface area contributed by atoms with Gasteiger partial charge in [0.15, 0.2) is 0 Å². The van der Waals surface area contributed by atoms with Crippen molar-refractivity contribution in [1.82, 2.24) is 4.98 Å². The Kier molecular flexibility index (Phi) is 6.13. The van der Waals surface area contributed by atoms with Crippen LogP contribution in [-0.4, -0.2) is 35.7 Å². The van der Waals surface area contributed by atoms with Crippen LogP contribution in [0, 0.1) is 0 Å². The Morgan fingerprint density at radius 2 is 2.07 bits per heavy atom. The quantitative estimate of drug-likeness (QED) is 0.636. The van der Waals surface area contributed by atoms with Crippen LogP contribution in [0.5, 0.6) is 0 Å². The molecule has 0 unspecified atom stereocenters. The summed E-state index contributed by atoms with van der Waals surface area (Å²) in [5.74, 6) is -0.460. The summed E-state index contributed by atoms with van der Waals surface area (Å²) in [6.45, 7) is 0.178. The van der Waals surface area contributed by atoms with E-state index in [4.69, 9.17) is 10.5 Å². The molecular formula is C20H20BN3O3S. The Morgan fingerprint density at radius 3 is 2.89 bits per heavy atom. The van der Waals surface area contributed by atoms with E-state index in [1.54, 1.807) is 24.5 Å². The van der Waals surface area contributed by atoms with E-state index in [2.05, 4.69) is 10.1 Å². The minimum Gasteiger partial charge on any atom is -0.427 e. The minimum atomic E-state index is -1.13. The predicted molar refractivity (Wildman–Crippen MR) is 115 cm³/mol. The minimum absolute atomic E-state index is 0. The fourth-order valence-electron chi connectivity index (χ4n) is 3.47. The van der Waals surface area contributed by atoms with Gasteiger partial charge in [-0.2, -0.15) is 13.5 Å². The Labute approximate surface area is 170 Å². The van der Waals surface area contributed by atoms with Gasteiger partial charge < -0.3 is 15.5 Å². The number of oxime groups is 1. The molecule has 8 heteroatoms. The van der Waals surface area contributed by atoms with Gasteiger partial charge in [0, 0.05) is 41.8 Å². The molecule has 0 saturated heterocycles. The number of nitrogens with zero attached hydrogens (tertiary/aromatic N) is 2. The van der Waals surface area contributed by atoms with E-state index in [-0.39, 0.29) is 32.2 Å². The van der Waals surface area contributed by atoms with Crippen molar-refractivity contribution in [2.45, 2.75) is 12.3 Å². The first-order chi connectivity index (χ1) is 13.2. The van der Waals surface area contributed by atoms with Gasteiger partial charge in [0.1, 0.15) is 5.78 Å². The van der Waals surface area contributed by atoms with E-state index in [1.165, 1.54) is 6.21 Å². The molecule has 142 valence electrons. The molecule has 3 aromatic rings. The van der Waals surface area contributed by atoms with Gasteiger partial charge in [-0.1, -0.05) is 36.4 Å². The molecular weight excluding hydrogens is 373 g/mol. The highest BCUT2D eigenvalue weighted by atomic mass is 32.1. The van der Waals surface area contributed by atoms with Crippen LogP contribution in [-0.2, 0) is 16.0 Å². The van der Waals surface area contributed by atoms with Crippen molar-refractivity contribution in [1.29, 1.82) is 0 Å². The van der Waals surface area contributed by atoms with E-state index in [1.807, 2.05) is 30.3 Å². The van der Waals surface area contributed by atoms with Gasteiger partial charge in [-0.3, -0.25) is 9.78 Å². The third-order valence-electron chi connectivity index (χ3n) is 4.87. The first-order valence-corrected chi connectivity index (χ1v) is 8.73. The molecule has 1 aromatic heterocycles. The number of hydrogen-bond donors (Lipinski definition) is 2. The number of nitrogens with two attached hydrogens (primary N) is 1. The number of Topliss-reactive ketones (excluding diaryl/α,β-unsaturated/α-hetero) is 1. The van der Waals surface area contributed by atoms with Crippen LogP contribution in [0.1, 0.15) is 22.6 Å². The molecule has 0 spiro atoms. The third-order valence-corrected chi connectivity index (χ3v) is 4.87. The number of carbonyl (C=O) groups excluding carboxylic acids is 1. The summed E-state index contributed by atoms with van der Waals surface area (Å²) in [5.41, 5.74) is 8.93. The molecule has 1 atom stereocenters. The largest absolute Gasteiger partial charge is 0.583 e. The number of fused-ring (bicyclic) bond motifs is 2. The average molecular weight is 393 g/mol. The van der Waals surface area contributed by atoms with Crippen LogP contribution in [0.15, 0.2) is 60.0 Å². The number of rotatable bonds is 5. The van der Waals surface area contributed by atoms with E-state index in [0.29, 0.717) is 11.0 Å². The Morgan fingerprint density at radius 1 is 1.21 bits per heavy atom. The average Bonchev–Trinajstić information content (AvgIpc) is 2.69. The molecule has 4 rings (SSSR count). The summed E-state index contributed by atoms with van der Waals surface area (Å²) in [5, 5.41) is 15.8. The highest BCUT2D eigenvalue weighted by molar-refractivity contribution is 7.59. The van der Waals surface area contributed by atoms with E-state index < -0.39 is 13.0 Å². The maximum absolute atomic E-state index is 13.0. The number of ketones is 1. The Balaban J connectivity index is 0.00000225. The monoisotopic (exact) mass is 393 g/mol. The first kappa shape index (κ1) is 20.1. The molecule has 0 saturated carbocycles. The second-order valence-electron chi connectivity index (χ2n) is 6.53. The first-order valence-electron chi connectivity index (χ1n) is 8.73. The normalized spacial score (nSPS) is 13.4. The topological polar surface area (TPSA) is 97.8 Å². The number of hydrogen-bond acceptors (Lipinski definition) is 6. The second kappa shape index (κ2) is 8.56. The van der Waals surface area contributed by atoms with Crippen molar-refractivity contribution >= 4 is 48.8 Å². The Bertz CT molecular complexity index is 1040. The van der Waals surface area contributed by atoms with E-state index >= 15 is 0 Å². The fourth-order valence-corrected chi connectivity index (χ4v) is 3.47. The van der Waals surface area contributed by atoms with Crippen molar-refractivity contribution < 1.29 is 14.6 Å². The zero-order chi connectivity index (χ0) is 18.8. The fraction of sp³-hybridized carbons (Fsp3) is 0.150. The van der Waals surface area contributed by atoms with Gasteiger partial charge in [-0.25, -0.2) is 0 Å². The highest BCUT2D eigenvalue weighted by Crippen LogP contribution is 2.23. The zero-order valence-corrected chi connectivity index (χ0v) is 16.1. The van der Waals surface area contributed by atoms with E-state index in [0.717, 1.165) is 21.9 Å². The SMILES string of the molecule is NC[C@@H](C(=O)Cc1ccc2cnccc2c1)c1cccc2c1C=NOB2O.S. The van der Waals surface area contributed by atoms with Crippen molar-refractivity contribution in [3.8, 4) is 0 Å². The van der Waals surface area contributed by atoms with Crippen molar-refractivity contribution in [3.63, 3.8) is 0 Å². The summed E-state index contributed by atoms with van der Waals surface area (Å²) < 4.78 is 4.87. The molecule has 3 N–H and O–H groups in total. The lowest BCUT2D eigenvalue weighted by Crippen LogP contribution is -2.39. The summed E-state index contributed by atoms with van der Waals surface area (Å²) in [6.07, 6.45) is 5.34. The number of carbonyl (C=O) groups is 1. The molecule has 1 aliphatic heterocycles. The lowest BCUT2D eigenvalue weighted by Gasteiger charge is -2.21. The molecule has 1 aliphatic rings. The maximum Gasteiger partial charge on any atom is 0.583 e. The van der Waals surface area contributed by atoms with Crippen LogP contribution < -0.4 is 11.2 Å². The highest BCUT2D eigenvalue weighted by Gasteiger charge is 2.30. The van der Waals surface area contributed by atoms with Crippen molar-refractivity contribution in [2.24, 2.45) is 10.9 Å². The smallest absolute Gasteiger partial charge is 0.427 e. The lowest BCUT2D eigenvalue weighted by atomic mass is 9.73. The van der Waals surface area contributed by atoms with Gasteiger partial charge >= 0.3 is 7.12 Å². The summed E-state index contributed by atoms with van der Waals surface area (Å²) in [7, 11) is -1.13. The Hall–Kier alpha value is -2.68. The molecule has 0 bridgehead atoms. The van der Waals surface area contributed by atoms with Crippen LogP contribution in [0.2, 0.25) is 0 Å². The summed E-state index contributed by atoms with van der Waals surface area (Å²) in [4.78, 5) is 17.1. The van der Waals surface area contributed by atoms with Crippen molar-refractivity contribution in [3.05, 3.63) is 71.5 Å². The van der Waals surface area contributed by atoms with Gasteiger partial charge in [-0.15, -0.1) is 5.16 Å². The third kappa shape index (κ3) is 3.80. The van der Waals surface area contributed by atoms with Crippen LogP contribution in [0.3, 0.4) is 0 Å². The molecule has 0 radical (unpaired) electrons. The molecule has 2 heterocycles. The van der Waals surface area contributed by atoms with Crippen molar-refractivity contribution in [2.75, 3.05) is 6.54 Å². The number of aromatic nitrogens is 1. The number of benzene rings is 2. The molecule has 0 amide bonds. The molecule has 6 nitrogen and oxygen atoms in total. The standard InChI is InChI=1S/C20H18BN3O3.H2S/c22-10-17(16-2-1-3-19-18(16)12-24-27-21(19)26)20(25)9-13-4-5-15-11-23-7-6-14(15)8-13;/h1-8,11-12,17,26H,9-10,22H2;1H2/t17-;/m1./s1. The van der Waals surface area contributed by atoms with Gasteiger partial charge in [0.25, 0.3) is 0 Å². The van der Waals surface area contributed by atoms with Crippen LogP contribution in [0.4, 0.5) is 0 Å². The maximum atomic E-state index is 13.0. The summed E-state index contributed by atoms with van der Waals surface area (Å²) in [6, 6.07) is 13.2. The summed E-state index contributed by atoms with van der Waals surface area (Å²) >= 11 is 0. The van der Waals surface area contributed by atoms with Crippen LogP contribution >= 0.6 is 13.5 Å². The van der Waals surface area contributed by atoms with E-state index in [9.17, 15) is 9.82 Å². The van der Waals surface area contributed by atoms with Gasteiger partial charge in [0.2, 0.25) is 0 Å². The second-order valence-corrected chi connectivity index (χ2v) is 6.53. The zero-order valence-electron chi connectivity index (χ0n) is 15.1.